The minimum absolute atomic E-state index is 0.897. The fourth-order valence-corrected chi connectivity index (χ4v) is 4.25. The molecule has 4 rings (SSSR count). The summed E-state index contributed by atoms with van der Waals surface area (Å²) in [5.41, 5.74) is 14.4. The molecule has 164 valence electrons. The Morgan fingerprint density at radius 3 is 2.36 bits per heavy atom. The molecule has 0 saturated carbocycles. The molecule has 33 heavy (non-hydrogen) atoms. The summed E-state index contributed by atoms with van der Waals surface area (Å²) < 4.78 is 2.22. The monoisotopic (exact) mass is 431 g/mol. The van der Waals surface area contributed by atoms with Gasteiger partial charge in [0.25, 0.3) is 0 Å². The summed E-state index contributed by atoms with van der Waals surface area (Å²) in [5, 5.41) is 1.16. The van der Waals surface area contributed by atoms with E-state index < -0.39 is 0 Å². The summed E-state index contributed by atoms with van der Waals surface area (Å²) in [6.45, 7) is 12.2. The van der Waals surface area contributed by atoms with Crippen LogP contribution >= 0.6 is 0 Å². The zero-order chi connectivity index (χ0) is 23.2. The Bertz CT molecular complexity index is 1360. The molecule has 2 heterocycles. The zero-order valence-electron chi connectivity index (χ0n) is 19.2. The number of hydrazine groups is 1. The predicted octanol–water partition coefficient (Wildman–Crippen LogP) is 7.41. The third-order valence-electron chi connectivity index (χ3n) is 5.66. The van der Waals surface area contributed by atoms with E-state index in [4.69, 9.17) is 0 Å². The Morgan fingerprint density at radius 2 is 1.61 bits per heavy atom. The molecule has 0 fully saturated rings. The summed E-state index contributed by atoms with van der Waals surface area (Å²) in [5.74, 6) is 0.897. The smallest absolute Gasteiger partial charge is 0.129 e. The molecule has 1 aliphatic heterocycles. The van der Waals surface area contributed by atoms with E-state index in [0.717, 1.165) is 50.4 Å². The number of nitrogens with zero attached hydrogens (tertiary/aromatic N) is 1. The van der Waals surface area contributed by atoms with Crippen LogP contribution in [-0.4, -0.2) is 4.57 Å². The lowest BCUT2D eigenvalue weighted by Crippen LogP contribution is -2.32. The maximum atomic E-state index is 4.09. The van der Waals surface area contributed by atoms with Crippen LogP contribution in [0, 0.1) is 0 Å². The van der Waals surface area contributed by atoms with Gasteiger partial charge in [-0.25, -0.2) is 0 Å². The second-order valence-corrected chi connectivity index (χ2v) is 7.64. The minimum atomic E-state index is 0.897. The number of rotatable bonds is 5. The average Bonchev–Trinajstić information content (AvgIpc) is 3.15. The van der Waals surface area contributed by atoms with Crippen molar-refractivity contribution < 1.29 is 0 Å². The number of hydrogen-bond donors (Lipinski definition) is 2. The molecule has 0 spiro atoms. The van der Waals surface area contributed by atoms with Gasteiger partial charge in [0.15, 0.2) is 0 Å². The van der Waals surface area contributed by atoms with Crippen LogP contribution in [0.3, 0.4) is 0 Å². The molecule has 2 N–H and O–H groups in total. The van der Waals surface area contributed by atoms with E-state index in [-0.39, 0.29) is 0 Å². The third kappa shape index (κ3) is 4.13. The van der Waals surface area contributed by atoms with Crippen molar-refractivity contribution in [3.8, 4) is 0 Å². The normalized spacial score (nSPS) is 18.9. The van der Waals surface area contributed by atoms with Crippen molar-refractivity contribution in [2.45, 2.75) is 13.8 Å². The molecular formula is C30H29N3. The lowest BCUT2D eigenvalue weighted by molar-refractivity contribution is 0.732. The molecule has 1 aromatic heterocycles. The molecule has 1 aliphatic rings. The number of aromatic nitrogens is 1. The number of allylic oxidation sites excluding steroid dienone is 7. The van der Waals surface area contributed by atoms with E-state index in [2.05, 4.69) is 114 Å². The van der Waals surface area contributed by atoms with Crippen molar-refractivity contribution in [3.63, 3.8) is 0 Å². The highest BCUT2D eigenvalue weighted by atomic mass is 15.4. The fourth-order valence-electron chi connectivity index (χ4n) is 4.25. The van der Waals surface area contributed by atoms with Gasteiger partial charge >= 0.3 is 0 Å². The molecule has 0 saturated heterocycles. The maximum Gasteiger partial charge on any atom is 0.129 e. The van der Waals surface area contributed by atoms with Crippen molar-refractivity contribution in [2.24, 2.45) is 0 Å². The van der Waals surface area contributed by atoms with Crippen LogP contribution < -0.4 is 10.9 Å². The van der Waals surface area contributed by atoms with Crippen LogP contribution in [0.5, 0.6) is 0 Å². The predicted molar refractivity (Wildman–Crippen MR) is 145 cm³/mol. The number of nitrogens with one attached hydrogen (secondary N) is 2. The highest BCUT2D eigenvalue weighted by Crippen LogP contribution is 2.31. The molecule has 3 heteroatoms. The van der Waals surface area contributed by atoms with Crippen LogP contribution in [0.2, 0.25) is 0 Å². The summed E-state index contributed by atoms with van der Waals surface area (Å²) in [6, 6.07) is 16.7. The molecular weight excluding hydrogens is 402 g/mol. The summed E-state index contributed by atoms with van der Waals surface area (Å²) >= 11 is 0. The van der Waals surface area contributed by atoms with E-state index in [1.807, 2.05) is 32.1 Å². The number of para-hydroxylation sites is 1. The summed E-state index contributed by atoms with van der Waals surface area (Å²) in [4.78, 5) is 0. The first-order valence-corrected chi connectivity index (χ1v) is 11.1. The number of fused-ring (bicyclic) bond motifs is 2. The Balaban J connectivity index is 1.98. The summed E-state index contributed by atoms with van der Waals surface area (Å²) in [6.07, 6.45) is 18.4. The molecule has 3 nitrogen and oxygen atoms in total. The van der Waals surface area contributed by atoms with Gasteiger partial charge in [0, 0.05) is 16.5 Å². The van der Waals surface area contributed by atoms with Gasteiger partial charge in [-0.3, -0.25) is 15.4 Å². The number of hydrogen-bond acceptors (Lipinski definition) is 2. The van der Waals surface area contributed by atoms with Gasteiger partial charge in [0.05, 0.1) is 16.9 Å². The number of benzene rings is 2. The van der Waals surface area contributed by atoms with E-state index in [0.29, 0.717) is 0 Å². The first-order chi connectivity index (χ1) is 16.2. The second kappa shape index (κ2) is 9.92. The van der Waals surface area contributed by atoms with E-state index in [9.17, 15) is 0 Å². The van der Waals surface area contributed by atoms with E-state index >= 15 is 0 Å². The van der Waals surface area contributed by atoms with Crippen molar-refractivity contribution >= 4 is 40.5 Å². The van der Waals surface area contributed by atoms with Gasteiger partial charge < -0.3 is 0 Å². The fraction of sp³-hybridized carbons (Fsp3) is 0.0667. The van der Waals surface area contributed by atoms with Crippen LogP contribution in [0.4, 0.5) is 0 Å². The lowest BCUT2D eigenvalue weighted by Gasteiger charge is -2.21. The van der Waals surface area contributed by atoms with Crippen LogP contribution in [0.1, 0.15) is 36.2 Å². The molecule has 2 aromatic carbocycles. The molecule has 0 amide bonds. The standard InChI is InChI=1S/C30H29N3/c1-5-14-27-23(7-3)25-18-10-9-16-22(25)17-13-21-30(32-31-27)33-28(15-6-2)24(8-4)26-19-11-12-20-29(26)33/h5-21,31-32H,3-4H2,1-2H3/b14-5-,15-6-,17-13-,27-23-,30-21+. The third-order valence-corrected chi connectivity index (χ3v) is 5.66. The Morgan fingerprint density at radius 1 is 0.848 bits per heavy atom. The highest BCUT2D eigenvalue weighted by Gasteiger charge is 2.17. The second-order valence-electron chi connectivity index (χ2n) is 7.64. The van der Waals surface area contributed by atoms with Crippen molar-refractivity contribution in [1.82, 2.24) is 15.4 Å². The van der Waals surface area contributed by atoms with Gasteiger partial charge in [-0.1, -0.05) is 92.1 Å². The molecule has 0 aliphatic carbocycles. The topological polar surface area (TPSA) is 29.0 Å². The van der Waals surface area contributed by atoms with Gasteiger partial charge in [-0.05, 0) is 49.3 Å². The van der Waals surface area contributed by atoms with Crippen molar-refractivity contribution in [1.29, 1.82) is 0 Å². The van der Waals surface area contributed by atoms with Crippen molar-refractivity contribution in [2.75, 3.05) is 0 Å². The highest BCUT2D eigenvalue weighted by molar-refractivity contribution is 5.96. The van der Waals surface area contributed by atoms with Gasteiger partial charge in [-0.2, -0.15) is 0 Å². The maximum absolute atomic E-state index is 4.09. The van der Waals surface area contributed by atoms with Crippen molar-refractivity contribution in [3.05, 3.63) is 126 Å². The first-order valence-electron chi connectivity index (χ1n) is 11.1. The first kappa shape index (κ1) is 22.0. The van der Waals surface area contributed by atoms with Gasteiger partial charge in [0.2, 0.25) is 0 Å². The largest absolute Gasteiger partial charge is 0.299 e. The van der Waals surface area contributed by atoms with Crippen LogP contribution in [0.15, 0.2) is 104 Å². The summed E-state index contributed by atoms with van der Waals surface area (Å²) in [7, 11) is 0. The Labute approximate surface area is 196 Å². The minimum Gasteiger partial charge on any atom is -0.299 e. The van der Waals surface area contributed by atoms with Gasteiger partial charge in [0.1, 0.15) is 5.82 Å². The SMILES string of the molecule is C=C/C1=C(\C=C/C)NN/C(n2c(/C=C\C)c(C=C)c3ccccc32)=C\C=C/c2ccccc21. The molecule has 0 atom stereocenters. The Hall–Kier alpha value is -4.24. The molecule has 3 aromatic rings. The zero-order valence-corrected chi connectivity index (χ0v) is 19.2. The quantitative estimate of drug-likeness (QED) is 0.440. The average molecular weight is 432 g/mol. The van der Waals surface area contributed by atoms with Crippen LogP contribution in [0.25, 0.3) is 40.5 Å². The molecule has 0 unspecified atom stereocenters. The van der Waals surface area contributed by atoms with E-state index in [1.165, 1.54) is 0 Å². The van der Waals surface area contributed by atoms with E-state index in [1.54, 1.807) is 0 Å². The Kier molecular flexibility index (Phi) is 6.61. The molecule has 0 radical (unpaired) electrons. The van der Waals surface area contributed by atoms with Gasteiger partial charge in [-0.15, -0.1) is 0 Å². The van der Waals surface area contributed by atoms with Crippen LogP contribution in [-0.2, 0) is 0 Å². The molecule has 0 bridgehead atoms. The lowest BCUT2D eigenvalue weighted by atomic mass is 9.97.